The van der Waals surface area contributed by atoms with Gasteiger partial charge in [0.25, 0.3) is 11.5 Å². The first-order chi connectivity index (χ1) is 11.6. The van der Waals surface area contributed by atoms with Gasteiger partial charge in [0.05, 0.1) is 12.8 Å². The maximum atomic E-state index is 12.4. The van der Waals surface area contributed by atoms with Gasteiger partial charge in [0.1, 0.15) is 11.3 Å². The summed E-state index contributed by atoms with van der Waals surface area (Å²) in [5, 5.41) is 2.82. The molecule has 2 heterocycles. The number of carbonyl (C=O) groups is 1. The van der Waals surface area contributed by atoms with Gasteiger partial charge in [-0.2, -0.15) is 0 Å². The van der Waals surface area contributed by atoms with Gasteiger partial charge >= 0.3 is 5.69 Å². The minimum absolute atomic E-state index is 0.00902. The minimum Gasteiger partial charge on any atom is -0.467 e. The number of carbonyl (C=O) groups excluding carboxylic acids is 1. The van der Waals surface area contributed by atoms with Crippen molar-refractivity contribution >= 4 is 5.91 Å². The highest BCUT2D eigenvalue weighted by molar-refractivity contribution is 5.93. The first-order valence-corrected chi connectivity index (χ1v) is 8.28. The number of rotatable bonds is 5. The van der Waals surface area contributed by atoms with E-state index in [9.17, 15) is 14.4 Å². The maximum absolute atomic E-state index is 12.4. The van der Waals surface area contributed by atoms with E-state index in [1.165, 1.54) is 31.7 Å². The van der Waals surface area contributed by atoms with Gasteiger partial charge in [-0.05, 0) is 30.9 Å². The summed E-state index contributed by atoms with van der Waals surface area (Å²) in [5.41, 5.74) is -1.24. The summed E-state index contributed by atoms with van der Waals surface area (Å²) >= 11 is 0. The summed E-state index contributed by atoms with van der Waals surface area (Å²) < 4.78 is 6.13. The molecule has 1 fully saturated rings. The molecule has 7 nitrogen and oxygen atoms in total. The molecular formula is C17H21N3O4. The van der Waals surface area contributed by atoms with Gasteiger partial charge in [0.2, 0.25) is 0 Å². The molecule has 24 heavy (non-hydrogen) atoms. The second-order valence-corrected chi connectivity index (χ2v) is 6.19. The maximum Gasteiger partial charge on any atom is 0.328 e. The molecule has 0 saturated heterocycles. The number of aromatic nitrogens is 2. The van der Waals surface area contributed by atoms with E-state index in [0.717, 1.165) is 17.4 Å². The lowest BCUT2D eigenvalue weighted by molar-refractivity contribution is 0.0941. The van der Waals surface area contributed by atoms with Crippen molar-refractivity contribution in [3.8, 4) is 0 Å². The summed E-state index contributed by atoms with van der Waals surface area (Å²) in [4.78, 5) is 39.1. The summed E-state index contributed by atoms with van der Waals surface area (Å²) in [7, 11) is 0. The van der Waals surface area contributed by atoms with E-state index in [1.54, 1.807) is 12.1 Å². The van der Waals surface area contributed by atoms with Crippen LogP contribution in [0.15, 0.2) is 38.6 Å². The van der Waals surface area contributed by atoms with Crippen LogP contribution < -0.4 is 16.6 Å². The first-order valence-electron chi connectivity index (χ1n) is 8.28. The fourth-order valence-electron chi connectivity index (χ4n) is 3.10. The lowest BCUT2D eigenvalue weighted by atomic mass is 9.89. The molecule has 0 radical (unpaired) electrons. The van der Waals surface area contributed by atoms with E-state index in [2.05, 4.69) is 10.3 Å². The zero-order chi connectivity index (χ0) is 16.9. The molecule has 0 unspecified atom stereocenters. The predicted octanol–water partition coefficient (Wildman–Crippen LogP) is 1.49. The lowest BCUT2D eigenvalue weighted by Gasteiger charge is -2.21. The number of amides is 1. The van der Waals surface area contributed by atoms with Gasteiger partial charge in [0, 0.05) is 12.7 Å². The van der Waals surface area contributed by atoms with Crippen LogP contribution in [0.1, 0.15) is 48.2 Å². The van der Waals surface area contributed by atoms with Gasteiger partial charge in [-0.25, -0.2) is 4.79 Å². The molecule has 128 valence electrons. The number of hydrogen-bond acceptors (Lipinski definition) is 4. The largest absolute Gasteiger partial charge is 0.467 e. The second kappa shape index (κ2) is 7.33. The molecule has 2 aromatic heterocycles. The molecular weight excluding hydrogens is 310 g/mol. The monoisotopic (exact) mass is 331 g/mol. The highest BCUT2D eigenvalue weighted by Crippen LogP contribution is 2.22. The molecule has 3 rings (SSSR count). The van der Waals surface area contributed by atoms with Crippen molar-refractivity contribution < 1.29 is 9.21 Å². The van der Waals surface area contributed by atoms with Crippen LogP contribution in [-0.4, -0.2) is 22.0 Å². The molecule has 0 spiro atoms. The minimum atomic E-state index is -0.615. The molecule has 1 amide bonds. The van der Waals surface area contributed by atoms with Crippen molar-refractivity contribution in [1.82, 2.24) is 14.9 Å². The Morgan fingerprint density at radius 3 is 2.79 bits per heavy atom. The molecule has 1 saturated carbocycles. The zero-order valence-electron chi connectivity index (χ0n) is 13.4. The fraction of sp³-hybridized carbons (Fsp3) is 0.471. The number of nitrogens with zero attached hydrogens (tertiary/aromatic N) is 1. The van der Waals surface area contributed by atoms with Crippen LogP contribution in [0.4, 0.5) is 0 Å². The summed E-state index contributed by atoms with van der Waals surface area (Å²) in [6, 6.07) is 3.34. The van der Waals surface area contributed by atoms with E-state index in [-0.39, 0.29) is 12.1 Å². The van der Waals surface area contributed by atoms with E-state index in [1.807, 2.05) is 0 Å². The van der Waals surface area contributed by atoms with Crippen molar-refractivity contribution in [3.63, 3.8) is 0 Å². The molecule has 0 aromatic carbocycles. The van der Waals surface area contributed by atoms with Crippen molar-refractivity contribution in [2.75, 3.05) is 6.54 Å². The van der Waals surface area contributed by atoms with Crippen molar-refractivity contribution in [2.24, 2.45) is 5.92 Å². The van der Waals surface area contributed by atoms with Crippen LogP contribution in [-0.2, 0) is 6.54 Å². The van der Waals surface area contributed by atoms with Gasteiger partial charge in [-0.15, -0.1) is 0 Å². The van der Waals surface area contributed by atoms with Crippen molar-refractivity contribution in [3.05, 3.63) is 56.8 Å². The number of furan rings is 1. The Morgan fingerprint density at radius 2 is 2.08 bits per heavy atom. The SMILES string of the molecule is O=C(NCC1CCCCC1)c1c[nH]c(=O)n(Cc2ccco2)c1=O. The standard InChI is InChI=1S/C17H21N3O4/c21-15(18-9-12-5-2-1-3-6-12)14-10-19-17(23)20(16(14)22)11-13-7-4-8-24-13/h4,7-8,10,12H,1-3,5-6,9,11H2,(H,18,21)(H,19,23). The Labute approximate surface area is 138 Å². The van der Waals surface area contributed by atoms with Crippen LogP contribution in [0.2, 0.25) is 0 Å². The quantitative estimate of drug-likeness (QED) is 0.867. The zero-order valence-corrected chi connectivity index (χ0v) is 13.4. The molecule has 1 aliphatic rings. The smallest absolute Gasteiger partial charge is 0.328 e. The number of nitrogens with one attached hydrogen (secondary N) is 2. The lowest BCUT2D eigenvalue weighted by Crippen LogP contribution is -2.41. The molecule has 2 aromatic rings. The first kappa shape index (κ1) is 16.3. The normalized spacial score (nSPS) is 15.3. The third kappa shape index (κ3) is 3.67. The highest BCUT2D eigenvalue weighted by atomic mass is 16.3. The summed E-state index contributed by atoms with van der Waals surface area (Å²) in [6.07, 6.45) is 8.49. The molecule has 1 aliphatic carbocycles. The van der Waals surface area contributed by atoms with Crippen LogP contribution in [0.3, 0.4) is 0 Å². The summed E-state index contributed by atoms with van der Waals surface area (Å²) in [6.45, 7) is 0.556. The van der Waals surface area contributed by atoms with Crippen LogP contribution in [0.25, 0.3) is 0 Å². The second-order valence-electron chi connectivity index (χ2n) is 6.19. The third-order valence-corrected chi connectivity index (χ3v) is 4.48. The average molecular weight is 331 g/mol. The van der Waals surface area contributed by atoms with Crippen molar-refractivity contribution in [1.29, 1.82) is 0 Å². The van der Waals surface area contributed by atoms with Gasteiger partial charge in [0.15, 0.2) is 0 Å². The Bertz CT molecular complexity index is 798. The molecule has 0 bridgehead atoms. The highest BCUT2D eigenvalue weighted by Gasteiger charge is 2.18. The topological polar surface area (TPSA) is 97.1 Å². The fourth-order valence-corrected chi connectivity index (χ4v) is 3.10. The number of hydrogen-bond donors (Lipinski definition) is 2. The van der Waals surface area contributed by atoms with E-state index >= 15 is 0 Å². The number of aromatic amines is 1. The van der Waals surface area contributed by atoms with E-state index in [4.69, 9.17) is 4.42 Å². The Balaban J connectivity index is 1.74. The van der Waals surface area contributed by atoms with Gasteiger partial charge < -0.3 is 14.7 Å². The van der Waals surface area contributed by atoms with Crippen LogP contribution in [0, 0.1) is 5.92 Å². The van der Waals surface area contributed by atoms with E-state index < -0.39 is 17.2 Å². The Morgan fingerprint density at radius 1 is 1.29 bits per heavy atom. The van der Waals surface area contributed by atoms with Crippen LogP contribution in [0.5, 0.6) is 0 Å². The van der Waals surface area contributed by atoms with Gasteiger partial charge in [-0.1, -0.05) is 19.3 Å². The molecule has 0 aliphatic heterocycles. The predicted molar refractivity (Wildman–Crippen MR) is 88.0 cm³/mol. The van der Waals surface area contributed by atoms with Gasteiger partial charge in [-0.3, -0.25) is 14.2 Å². The molecule has 7 heteroatoms. The third-order valence-electron chi connectivity index (χ3n) is 4.48. The molecule has 2 N–H and O–H groups in total. The average Bonchev–Trinajstić information content (AvgIpc) is 3.11. The Kier molecular flexibility index (Phi) is 4.98. The van der Waals surface area contributed by atoms with Crippen molar-refractivity contribution in [2.45, 2.75) is 38.6 Å². The van der Waals surface area contributed by atoms with E-state index in [0.29, 0.717) is 18.2 Å². The summed E-state index contributed by atoms with van der Waals surface area (Å²) in [5.74, 6) is 0.494. The number of H-pyrrole nitrogens is 1. The molecule has 0 atom stereocenters. The van der Waals surface area contributed by atoms with Crippen LogP contribution >= 0.6 is 0 Å². The Hall–Kier alpha value is -2.57.